The Balaban J connectivity index is 1.58. The van der Waals surface area contributed by atoms with E-state index in [1.807, 2.05) is 97.1 Å². The van der Waals surface area contributed by atoms with Gasteiger partial charge < -0.3 is 10.6 Å². The molecule has 0 atom stereocenters. The van der Waals surface area contributed by atoms with E-state index in [0.717, 1.165) is 16.7 Å². The lowest BCUT2D eigenvalue weighted by Gasteiger charge is -2.19. The van der Waals surface area contributed by atoms with Crippen molar-refractivity contribution in [2.24, 2.45) is 0 Å². The van der Waals surface area contributed by atoms with Crippen molar-refractivity contribution in [1.29, 1.82) is 0 Å². The largest absolute Gasteiger partial charge is 0.348 e. The Morgan fingerprint density at radius 1 is 0.698 bits per heavy atom. The zero-order valence-corrected chi connectivity index (χ0v) is 23.3. The fourth-order valence-corrected chi connectivity index (χ4v) is 4.65. The van der Waals surface area contributed by atoms with Crippen LogP contribution in [0.25, 0.3) is 11.1 Å². The maximum atomic E-state index is 15.5. The van der Waals surface area contributed by atoms with Gasteiger partial charge in [-0.05, 0) is 45.5 Å². The monoisotopic (exact) mass is 568 g/mol. The third kappa shape index (κ3) is 7.54. The molecule has 1 aromatic heterocycles. The molecule has 4 aromatic carbocycles. The van der Waals surface area contributed by atoms with E-state index in [-0.39, 0.29) is 18.1 Å². The Bertz CT molecular complexity index is 1740. The van der Waals surface area contributed by atoms with Gasteiger partial charge in [-0.3, -0.25) is 14.6 Å². The topological polar surface area (TPSA) is 84.0 Å². The van der Waals surface area contributed by atoms with Gasteiger partial charge in [0.1, 0.15) is 11.5 Å². The summed E-state index contributed by atoms with van der Waals surface area (Å²) in [4.78, 5) is 33.7. The molecule has 0 bridgehead atoms. The normalized spacial score (nSPS) is 11.6. The molecule has 43 heavy (non-hydrogen) atoms. The summed E-state index contributed by atoms with van der Waals surface area (Å²) in [7, 11) is 0. The molecule has 6 nitrogen and oxygen atoms in total. The molecule has 1 heterocycles. The van der Waals surface area contributed by atoms with Gasteiger partial charge >= 0.3 is 0 Å². The molecule has 212 valence electrons. The fourth-order valence-electron chi connectivity index (χ4n) is 4.65. The van der Waals surface area contributed by atoms with Crippen molar-refractivity contribution >= 4 is 23.0 Å². The predicted octanol–water partition coefficient (Wildman–Crippen LogP) is 6.38. The van der Waals surface area contributed by atoms with E-state index in [1.165, 1.54) is 30.7 Å². The molecule has 0 radical (unpaired) electrons. The standard InChI is InChI=1S/C36H29FN4O2/c37-32-18-10-17-30(31(32)24-41-36(43)33-25-38-21-22-39-33)35(28-15-8-3-9-16-28)29(27-13-6-2-7-14-27)19-20-34(42)40-23-26-11-4-1-5-12-26/h1-22,25H,23-24H2,(H,40,42)(H,41,43)/b20-19+,35-29+. The summed E-state index contributed by atoms with van der Waals surface area (Å²) in [6.07, 6.45) is 7.50. The molecule has 0 unspecified atom stereocenters. The highest BCUT2D eigenvalue weighted by Crippen LogP contribution is 2.36. The molecule has 0 aliphatic heterocycles. The number of benzene rings is 4. The second-order valence-corrected chi connectivity index (χ2v) is 9.60. The molecule has 0 saturated heterocycles. The molecule has 0 fully saturated rings. The van der Waals surface area contributed by atoms with Gasteiger partial charge in [-0.2, -0.15) is 0 Å². The quantitative estimate of drug-likeness (QED) is 0.116. The van der Waals surface area contributed by atoms with Crippen LogP contribution in [0.2, 0.25) is 0 Å². The maximum Gasteiger partial charge on any atom is 0.271 e. The van der Waals surface area contributed by atoms with Crippen molar-refractivity contribution in [1.82, 2.24) is 20.6 Å². The molecule has 2 amide bonds. The van der Waals surface area contributed by atoms with Gasteiger partial charge in [0.25, 0.3) is 5.91 Å². The number of aromatic nitrogens is 2. The smallest absolute Gasteiger partial charge is 0.271 e. The Hall–Kier alpha value is -5.69. The maximum absolute atomic E-state index is 15.5. The minimum Gasteiger partial charge on any atom is -0.348 e. The molecule has 0 spiro atoms. The first-order valence-corrected chi connectivity index (χ1v) is 13.8. The third-order valence-corrected chi connectivity index (χ3v) is 6.74. The van der Waals surface area contributed by atoms with Gasteiger partial charge in [-0.1, -0.05) is 103 Å². The molecule has 5 rings (SSSR count). The van der Waals surface area contributed by atoms with Gasteiger partial charge in [0.05, 0.1) is 6.20 Å². The summed E-state index contributed by atoms with van der Waals surface area (Å²) in [5, 5.41) is 5.70. The third-order valence-electron chi connectivity index (χ3n) is 6.74. The summed E-state index contributed by atoms with van der Waals surface area (Å²) in [5.41, 5.74) is 5.09. The average Bonchev–Trinajstić information content (AvgIpc) is 3.06. The van der Waals surface area contributed by atoms with E-state index >= 15 is 4.39 Å². The van der Waals surface area contributed by atoms with Crippen LogP contribution in [0.5, 0.6) is 0 Å². The van der Waals surface area contributed by atoms with Gasteiger partial charge in [0, 0.05) is 37.1 Å². The van der Waals surface area contributed by atoms with Crippen LogP contribution >= 0.6 is 0 Å². The van der Waals surface area contributed by atoms with E-state index < -0.39 is 11.7 Å². The summed E-state index contributed by atoms with van der Waals surface area (Å²) >= 11 is 0. The number of nitrogens with zero attached hydrogens (tertiary/aromatic N) is 2. The van der Waals surface area contributed by atoms with Crippen molar-refractivity contribution in [2.75, 3.05) is 0 Å². The minimum atomic E-state index is -0.470. The van der Waals surface area contributed by atoms with Gasteiger partial charge in [-0.15, -0.1) is 0 Å². The Labute approximate surface area is 249 Å². The first-order chi connectivity index (χ1) is 21.1. The van der Waals surface area contributed by atoms with Crippen LogP contribution in [-0.4, -0.2) is 21.8 Å². The molecule has 7 heteroatoms. The number of halogens is 1. The molecule has 0 saturated carbocycles. The number of carbonyl (C=O) groups excluding carboxylic acids is 2. The number of amides is 2. The molecular formula is C36H29FN4O2. The lowest BCUT2D eigenvalue weighted by molar-refractivity contribution is -0.116. The van der Waals surface area contributed by atoms with Gasteiger partial charge in [0.2, 0.25) is 5.91 Å². The van der Waals surface area contributed by atoms with Crippen molar-refractivity contribution in [3.8, 4) is 0 Å². The van der Waals surface area contributed by atoms with Crippen LogP contribution in [0, 0.1) is 5.82 Å². The minimum absolute atomic E-state index is 0.0862. The number of rotatable bonds is 10. The summed E-state index contributed by atoms with van der Waals surface area (Å²) < 4.78 is 15.5. The Morgan fingerprint density at radius 2 is 1.37 bits per heavy atom. The van der Waals surface area contributed by atoms with Crippen LogP contribution in [0.15, 0.2) is 140 Å². The van der Waals surface area contributed by atoms with Crippen LogP contribution in [0.3, 0.4) is 0 Å². The molecule has 2 N–H and O–H groups in total. The Morgan fingerprint density at radius 3 is 2.05 bits per heavy atom. The van der Waals surface area contributed by atoms with Crippen LogP contribution in [0.4, 0.5) is 4.39 Å². The lowest BCUT2D eigenvalue weighted by Crippen LogP contribution is -2.25. The SMILES string of the molecule is O=C(/C=C/C(=C(/c1ccccc1)c1cccc(F)c1CNC(=O)c1cnccn1)c1ccccc1)NCc1ccccc1. The Kier molecular flexibility index (Phi) is 9.57. The van der Waals surface area contributed by atoms with Crippen molar-refractivity contribution in [3.63, 3.8) is 0 Å². The zero-order chi connectivity index (χ0) is 29.9. The molecule has 5 aromatic rings. The molecule has 0 aliphatic carbocycles. The van der Waals surface area contributed by atoms with Crippen LogP contribution in [0.1, 0.15) is 38.3 Å². The molecule has 0 aliphatic rings. The van der Waals surface area contributed by atoms with Crippen molar-refractivity contribution < 1.29 is 14.0 Å². The van der Waals surface area contributed by atoms with Crippen LogP contribution in [-0.2, 0) is 17.9 Å². The van der Waals surface area contributed by atoms with E-state index in [1.54, 1.807) is 12.1 Å². The molecular weight excluding hydrogens is 539 g/mol. The van der Waals surface area contributed by atoms with Crippen LogP contribution < -0.4 is 10.6 Å². The van der Waals surface area contributed by atoms with Crippen molar-refractivity contribution in [2.45, 2.75) is 13.1 Å². The second-order valence-electron chi connectivity index (χ2n) is 9.60. The summed E-state index contributed by atoms with van der Waals surface area (Å²) in [6, 6.07) is 33.7. The fraction of sp³-hybridized carbons (Fsp3) is 0.0556. The lowest BCUT2D eigenvalue weighted by atomic mass is 9.86. The highest BCUT2D eigenvalue weighted by atomic mass is 19.1. The second kappa shape index (κ2) is 14.3. The number of hydrogen-bond donors (Lipinski definition) is 2. The van der Waals surface area contributed by atoms with E-state index in [4.69, 9.17) is 0 Å². The number of allylic oxidation sites excluding steroid dienone is 2. The number of carbonyl (C=O) groups is 2. The van der Waals surface area contributed by atoms with Gasteiger partial charge in [-0.25, -0.2) is 9.37 Å². The first kappa shape index (κ1) is 28.8. The van der Waals surface area contributed by atoms with E-state index in [0.29, 0.717) is 28.8 Å². The highest BCUT2D eigenvalue weighted by Gasteiger charge is 2.19. The first-order valence-electron chi connectivity index (χ1n) is 13.8. The van der Waals surface area contributed by atoms with E-state index in [2.05, 4.69) is 20.6 Å². The van der Waals surface area contributed by atoms with Gasteiger partial charge in [0.15, 0.2) is 0 Å². The summed E-state index contributed by atoms with van der Waals surface area (Å²) in [5.74, 6) is -1.20. The van der Waals surface area contributed by atoms with E-state index in [9.17, 15) is 9.59 Å². The summed E-state index contributed by atoms with van der Waals surface area (Å²) in [6.45, 7) is 0.302. The number of hydrogen-bond acceptors (Lipinski definition) is 4. The predicted molar refractivity (Wildman–Crippen MR) is 166 cm³/mol. The number of nitrogens with one attached hydrogen (secondary N) is 2. The highest BCUT2D eigenvalue weighted by molar-refractivity contribution is 6.04. The zero-order valence-electron chi connectivity index (χ0n) is 23.3. The average molecular weight is 569 g/mol. The van der Waals surface area contributed by atoms with Crippen molar-refractivity contribution in [3.05, 3.63) is 179 Å².